The van der Waals surface area contributed by atoms with E-state index in [2.05, 4.69) is 15.3 Å². The average molecular weight is 391 g/mol. The molecule has 4 aromatic rings. The molecular formula is C21H17N3O3S. The molecule has 4 rings (SSSR count). The third-order valence-corrected chi connectivity index (χ3v) is 4.78. The van der Waals surface area contributed by atoms with E-state index in [4.69, 9.17) is 9.15 Å². The fraction of sp³-hybridized carbons (Fsp3) is 0.0952. The summed E-state index contributed by atoms with van der Waals surface area (Å²) in [5.74, 6) is 1.26. The molecule has 3 heterocycles. The van der Waals surface area contributed by atoms with Gasteiger partial charge in [0.15, 0.2) is 5.76 Å². The van der Waals surface area contributed by atoms with Crippen LogP contribution in [-0.4, -0.2) is 15.9 Å². The molecule has 0 saturated carbocycles. The molecule has 1 N–H and O–H groups in total. The van der Waals surface area contributed by atoms with E-state index in [1.807, 2.05) is 35.7 Å². The molecule has 6 nitrogen and oxygen atoms in total. The van der Waals surface area contributed by atoms with Crippen LogP contribution in [0, 0.1) is 0 Å². The van der Waals surface area contributed by atoms with Gasteiger partial charge >= 0.3 is 0 Å². The molecule has 1 aromatic carbocycles. The number of rotatable bonds is 7. The number of hydrogen-bond acceptors (Lipinski definition) is 6. The first-order chi connectivity index (χ1) is 13.8. The predicted octanol–water partition coefficient (Wildman–Crippen LogP) is 4.31. The average Bonchev–Trinajstić information content (AvgIpc) is 3.43. The lowest BCUT2D eigenvalue weighted by Crippen LogP contribution is -2.23. The van der Waals surface area contributed by atoms with Crippen molar-refractivity contribution in [3.05, 3.63) is 88.7 Å². The van der Waals surface area contributed by atoms with Crippen LogP contribution in [0.2, 0.25) is 0 Å². The highest BCUT2D eigenvalue weighted by Gasteiger charge is 2.09. The van der Waals surface area contributed by atoms with Crippen molar-refractivity contribution in [1.82, 2.24) is 15.3 Å². The molecule has 0 aliphatic rings. The van der Waals surface area contributed by atoms with Crippen molar-refractivity contribution >= 4 is 17.2 Å². The summed E-state index contributed by atoms with van der Waals surface area (Å²) >= 11 is 1.51. The fourth-order valence-electron chi connectivity index (χ4n) is 2.54. The van der Waals surface area contributed by atoms with E-state index >= 15 is 0 Å². The Bertz CT molecular complexity index is 1030. The largest absolute Gasteiger partial charge is 0.486 e. The van der Waals surface area contributed by atoms with Gasteiger partial charge < -0.3 is 14.5 Å². The second-order valence-corrected chi connectivity index (χ2v) is 6.86. The molecule has 0 atom stereocenters. The number of nitrogens with zero attached hydrogens (tertiary/aromatic N) is 2. The molecule has 0 bridgehead atoms. The van der Waals surface area contributed by atoms with E-state index in [0.717, 1.165) is 22.2 Å². The highest BCUT2D eigenvalue weighted by Crippen LogP contribution is 2.23. The van der Waals surface area contributed by atoms with Crippen molar-refractivity contribution in [1.29, 1.82) is 0 Å². The Balaban J connectivity index is 1.30. The number of amides is 1. The topological polar surface area (TPSA) is 77.2 Å². The zero-order chi connectivity index (χ0) is 19.2. The number of hydrogen-bond donors (Lipinski definition) is 1. The van der Waals surface area contributed by atoms with Gasteiger partial charge in [-0.1, -0.05) is 6.07 Å². The Morgan fingerprint density at radius 2 is 2.00 bits per heavy atom. The van der Waals surface area contributed by atoms with Crippen LogP contribution in [0.5, 0.6) is 5.75 Å². The maximum atomic E-state index is 12.2. The van der Waals surface area contributed by atoms with Crippen molar-refractivity contribution in [3.8, 4) is 17.2 Å². The molecule has 1 amide bonds. The summed E-state index contributed by atoms with van der Waals surface area (Å²) in [6, 6.07) is 16.3. The number of benzene rings is 1. The van der Waals surface area contributed by atoms with Crippen LogP contribution in [0.25, 0.3) is 11.5 Å². The van der Waals surface area contributed by atoms with E-state index in [9.17, 15) is 4.79 Å². The van der Waals surface area contributed by atoms with Crippen molar-refractivity contribution in [3.63, 3.8) is 0 Å². The van der Waals surface area contributed by atoms with E-state index in [-0.39, 0.29) is 5.91 Å². The van der Waals surface area contributed by atoms with E-state index in [1.165, 1.54) is 11.3 Å². The molecule has 0 aliphatic heterocycles. The molecule has 0 fully saturated rings. The predicted molar refractivity (Wildman–Crippen MR) is 106 cm³/mol. The summed E-state index contributed by atoms with van der Waals surface area (Å²) in [7, 11) is 0. The molecule has 0 unspecified atom stereocenters. The molecule has 0 aliphatic carbocycles. The van der Waals surface area contributed by atoms with Gasteiger partial charge in [-0.05, 0) is 48.5 Å². The SMILES string of the molecule is O=C(NCc1ccccn1)c1ccc(OCc2nc(-c3ccco3)cs2)cc1. The minimum absolute atomic E-state index is 0.153. The second kappa shape index (κ2) is 8.49. The first kappa shape index (κ1) is 17.9. The Kier molecular flexibility index (Phi) is 5.44. The van der Waals surface area contributed by atoms with Gasteiger partial charge in [-0.2, -0.15) is 0 Å². The summed E-state index contributed by atoms with van der Waals surface area (Å²) in [4.78, 5) is 20.9. The number of thiazole rings is 1. The molecule has 3 aromatic heterocycles. The van der Waals surface area contributed by atoms with Gasteiger partial charge in [0, 0.05) is 17.1 Å². The van der Waals surface area contributed by atoms with Gasteiger partial charge in [0.25, 0.3) is 5.91 Å². The third kappa shape index (κ3) is 4.44. The van der Waals surface area contributed by atoms with Crippen molar-refractivity contribution in [2.24, 2.45) is 0 Å². The highest BCUT2D eigenvalue weighted by molar-refractivity contribution is 7.09. The molecule has 28 heavy (non-hydrogen) atoms. The van der Waals surface area contributed by atoms with Crippen LogP contribution in [-0.2, 0) is 13.2 Å². The van der Waals surface area contributed by atoms with Crippen LogP contribution in [0.15, 0.2) is 76.9 Å². The molecule has 0 spiro atoms. The van der Waals surface area contributed by atoms with Crippen LogP contribution < -0.4 is 10.1 Å². The van der Waals surface area contributed by atoms with E-state index in [0.29, 0.717) is 24.5 Å². The lowest BCUT2D eigenvalue weighted by atomic mass is 10.2. The van der Waals surface area contributed by atoms with Crippen LogP contribution in [0.3, 0.4) is 0 Å². The summed E-state index contributed by atoms with van der Waals surface area (Å²) in [5, 5.41) is 5.64. The lowest BCUT2D eigenvalue weighted by molar-refractivity contribution is 0.0950. The smallest absolute Gasteiger partial charge is 0.251 e. The Labute approximate surface area is 165 Å². The summed E-state index contributed by atoms with van der Waals surface area (Å²) < 4.78 is 11.1. The maximum absolute atomic E-state index is 12.2. The minimum atomic E-state index is -0.153. The maximum Gasteiger partial charge on any atom is 0.251 e. The normalized spacial score (nSPS) is 10.6. The van der Waals surface area contributed by atoms with Crippen LogP contribution in [0.4, 0.5) is 0 Å². The summed E-state index contributed by atoms with van der Waals surface area (Å²) in [6.45, 7) is 0.747. The number of furan rings is 1. The Hall–Kier alpha value is -3.45. The molecule has 140 valence electrons. The van der Waals surface area contributed by atoms with Gasteiger partial charge in [-0.3, -0.25) is 9.78 Å². The van der Waals surface area contributed by atoms with Crippen molar-refractivity contribution in [2.75, 3.05) is 0 Å². The van der Waals surface area contributed by atoms with E-state index < -0.39 is 0 Å². The van der Waals surface area contributed by atoms with Gasteiger partial charge in [0.2, 0.25) is 0 Å². The zero-order valence-electron chi connectivity index (χ0n) is 14.9. The zero-order valence-corrected chi connectivity index (χ0v) is 15.7. The Morgan fingerprint density at radius 3 is 2.75 bits per heavy atom. The number of pyridine rings is 1. The Morgan fingerprint density at radius 1 is 1.11 bits per heavy atom. The number of aromatic nitrogens is 2. The minimum Gasteiger partial charge on any atom is -0.486 e. The van der Waals surface area contributed by atoms with Gasteiger partial charge in [0.05, 0.1) is 18.5 Å². The molecular weight excluding hydrogens is 374 g/mol. The first-order valence-electron chi connectivity index (χ1n) is 8.67. The quantitative estimate of drug-likeness (QED) is 0.508. The summed E-state index contributed by atoms with van der Waals surface area (Å²) in [6.07, 6.45) is 3.33. The number of carbonyl (C=O) groups excluding carboxylic acids is 1. The monoisotopic (exact) mass is 391 g/mol. The van der Waals surface area contributed by atoms with Gasteiger partial charge in [0.1, 0.15) is 23.1 Å². The number of ether oxygens (including phenoxy) is 1. The first-order valence-corrected chi connectivity index (χ1v) is 9.55. The second-order valence-electron chi connectivity index (χ2n) is 5.92. The van der Waals surface area contributed by atoms with Gasteiger partial charge in [-0.15, -0.1) is 11.3 Å². The lowest BCUT2D eigenvalue weighted by Gasteiger charge is -2.07. The van der Waals surface area contributed by atoms with Crippen LogP contribution in [0.1, 0.15) is 21.1 Å². The van der Waals surface area contributed by atoms with Gasteiger partial charge in [-0.25, -0.2) is 4.98 Å². The van der Waals surface area contributed by atoms with E-state index in [1.54, 1.807) is 36.7 Å². The highest BCUT2D eigenvalue weighted by atomic mass is 32.1. The standard InChI is InChI=1S/C21H17N3O3S/c25-21(23-12-16-4-1-2-10-22-16)15-6-8-17(9-7-15)27-13-20-24-18(14-28-20)19-5-3-11-26-19/h1-11,14H,12-13H2,(H,23,25). The van der Waals surface area contributed by atoms with Crippen molar-refractivity contribution in [2.45, 2.75) is 13.2 Å². The van der Waals surface area contributed by atoms with Crippen molar-refractivity contribution < 1.29 is 13.9 Å². The fourth-order valence-corrected chi connectivity index (χ4v) is 3.23. The number of nitrogens with one attached hydrogen (secondary N) is 1. The molecule has 7 heteroatoms. The molecule has 0 radical (unpaired) electrons. The number of carbonyl (C=O) groups is 1. The summed E-state index contributed by atoms with van der Waals surface area (Å²) in [5.41, 5.74) is 2.18. The van der Waals surface area contributed by atoms with Crippen LogP contribution >= 0.6 is 11.3 Å². The molecule has 0 saturated heterocycles. The third-order valence-electron chi connectivity index (χ3n) is 3.96.